The maximum atomic E-state index is 13.5. The van der Waals surface area contributed by atoms with Gasteiger partial charge in [-0.2, -0.15) is 0 Å². The van der Waals surface area contributed by atoms with Crippen molar-refractivity contribution in [1.29, 1.82) is 0 Å². The van der Waals surface area contributed by atoms with Crippen LogP contribution in [0.5, 0.6) is 0 Å². The van der Waals surface area contributed by atoms with Crippen molar-refractivity contribution in [3.8, 4) is 0 Å². The fraction of sp³-hybridized carbons (Fsp3) is 0.200. The van der Waals surface area contributed by atoms with Crippen molar-refractivity contribution in [2.75, 3.05) is 16.4 Å². The molecule has 0 spiro atoms. The number of aromatic nitrogens is 3. The second kappa shape index (κ2) is 8.38. The van der Waals surface area contributed by atoms with Gasteiger partial charge in [0.25, 0.3) is 0 Å². The van der Waals surface area contributed by atoms with Crippen LogP contribution < -0.4 is 16.4 Å². The molecular weight excluding hydrogens is 416 g/mol. The van der Waals surface area contributed by atoms with Crippen LogP contribution in [0.1, 0.15) is 46.8 Å². The van der Waals surface area contributed by atoms with E-state index in [0.717, 1.165) is 24.8 Å². The van der Waals surface area contributed by atoms with Crippen LogP contribution in [0.3, 0.4) is 0 Å². The predicted molar refractivity (Wildman–Crippen MR) is 129 cm³/mol. The highest BCUT2D eigenvalue weighted by Gasteiger charge is 2.26. The highest BCUT2D eigenvalue weighted by Crippen LogP contribution is 2.37. The summed E-state index contributed by atoms with van der Waals surface area (Å²) >= 11 is 0. The molecule has 2 heterocycles. The van der Waals surface area contributed by atoms with E-state index in [1.165, 1.54) is 6.33 Å². The number of nitrogens with two attached hydrogens (primary N) is 1. The molecule has 33 heavy (non-hydrogen) atoms. The van der Waals surface area contributed by atoms with Gasteiger partial charge in [-0.25, -0.2) is 14.8 Å². The van der Waals surface area contributed by atoms with Crippen molar-refractivity contribution in [3.05, 3.63) is 77.7 Å². The summed E-state index contributed by atoms with van der Waals surface area (Å²) in [5, 5.41) is 6.16. The van der Waals surface area contributed by atoms with E-state index in [0.29, 0.717) is 39.6 Å². The van der Waals surface area contributed by atoms with Gasteiger partial charge in [-0.3, -0.25) is 4.79 Å². The van der Waals surface area contributed by atoms with E-state index in [4.69, 9.17) is 5.73 Å². The molecule has 0 radical (unpaired) electrons. The number of carbonyl (C=O) groups is 2. The van der Waals surface area contributed by atoms with Gasteiger partial charge >= 0.3 is 6.03 Å². The number of hydrogen-bond acceptors (Lipinski definition) is 5. The lowest BCUT2D eigenvalue weighted by molar-refractivity contribution is 0.104. The number of urea groups is 1. The number of fused-ring (bicyclic) bond motifs is 1. The highest BCUT2D eigenvalue weighted by molar-refractivity contribution is 6.18. The minimum Gasteiger partial charge on any atom is -0.383 e. The minimum absolute atomic E-state index is 0.192. The normalized spacial score (nSPS) is 13.5. The Morgan fingerprint density at radius 3 is 2.45 bits per heavy atom. The SMILES string of the molecule is Cc1cccc(NC(=O)Nc2cccc(C(=O)c3cn(C4CCC4)c4ncnc(N)c34)c2)c1. The molecule has 0 atom stereocenters. The number of aryl methyl sites for hydroxylation is 1. The first-order valence-electron chi connectivity index (χ1n) is 10.9. The van der Waals surface area contributed by atoms with Crippen LogP contribution in [0.15, 0.2) is 61.1 Å². The Morgan fingerprint density at radius 2 is 1.76 bits per heavy atom. The zero-order chi connectivity index (χ0) is 22.9. The summed E-state index contributed by atoms with van der Waals surface area (Å²) in [7, 11) is 0. The largest absolute Gasteiger partial charge is 0.383 e. The van der Waals surface area contributed by atoms with Crippen LogP contribution in [-0.4, -0.2) is 26.3 Å². The minimum atomic E-state index is -0.385. The molecule has 8 nitrogen and oxygen atoms in total. The highest BCUT2D eigenvalue weighted by atomic mass is 16.2. The first-order chi connectivity index (χ1) is 16.0. The summed E-state index contributed by atoms with van der Waals surface area (Å²) in [6.07, 6.45) is 6.53. The number of hydrogen-bond donors (Lipinski definition) is 3. The number of ketones is 1. The van der Waals surface area contributed by atoms with Crippen LogP contribution >= 0.6 is 0 Å². The Bertz CT molecular complexity index is 1370. The molecule has 0 bridgehead atoms. The molecule has 1 aliphatic rings. The number of anilines is 3. The summed E-state index contributed by atoms with van der Waals surface area (Å²) in [5.41, 5.74) is 9.99. The van der Waals surface area contributed by atoms with Crippen LogP contribution in [0.2, 0.25) is 0 Å². The van der Waals surface area contributed by atoms with E-state index in [1.54, 1.807) is 24.3 Å². The van der Waals surface area contributed by atoms with Crippen molar-refractivity contribution < 1.29 is 9.59 Å². The second-order valence-corrected chi connectivity index (χ2v) is 8.35. The van der Waals surface area contributed by atoms with Gasteiger partial charge in [-0.1, -0.05) is 24.3 Å². The second-order valence-electron chi connectivity index (χ2n) is 8.35. The Hall–Kier alpha value is -4.20. The number of carbonyl (C=O) groups excluding carboxylic acids is 2. The van der Waals surface area contributed by atoms with E-state index in [2.05, 4.69) is 20.6 Å². The fourth-order valence-electron chi connectivity index (χ4n) is 4.13. The number of amides is 2. The van der Waals surface area contributed by atoms with Crippen molar-refractivity contribution >= 4 is 40.0 Å². The van der Waals surface area contributed by atoms with Gasteiger partial charge in [0, 0.05) is 29.2 Å². The van der Waals surface area contributed by atoms with Crippen molar-refractivity contribution in [2.45, 2.75) is 32.2 Å². The standard InChI is InChI=1S/C25H24N6O2/c1-15-5-2-7-17(11-15)29-25(33)30-18-8-3-6-16(12-18)22(32)20-13-31(19-9-4-10-19)24-21(20)23(26)27-14-28-24/h2-3,5-8,11-14,19H,4,9-10H2,1H3,(H2,26,27,28)(H2,29,30,33). The summed E-state index contributed by atoms with van der Waals surface area (Å²) in [6.45, 7) is 1.96. The van der Waals surface area contributed by atoms with Crippen molar-refractivity contribution in [1.82, 2.24) is 14.5 Å². The number of nitrogens with one attached hydrogen (secondary N) is 2. The van der Waals surface area contributed by atoms with Gasteiger partial charge in [0.1, 0.15) is 17.8 Å². The van der Waals surface area contributed by atoms with E-state index >= 15 is 0 Å². The van der Waals surface area contributed by atoms with E-state index in [1.807, 2.05) is 42.0 Å². The lowest BCUT2D eigenvalue weighted by Crippen LogP contribution is -2.19. The molecule has 8 heteroatoms. The third-order valence-electron chi connectivity index (χ3n) is 6.01. The predicted octanol–water partition coefficient (Wildman–Crippen LogP) is 4.92. The molecule has 1 saturated carbocycles. The molecule has 2 aromatic heterocycles. The molecule has 0 saturated heterocycles. The van der Waals surface area contributed by atoms with Crippen LogP contribution in [0.4, 0.5) is 22.0 Å². The average molecular weight is 441 g/mol. The molecular formula is C25H24N6O2. The number of benzene rings is 2. The lowest BCUT2D eigenvalue weighted by Gasteiger charge is -2.27. The summed E-state index contributed by atoms with van der Waals surface area (Å²) in [5.74, 6) is 0.0931. The van der Waals surface area contributed by atoms with Gasteiger partial charge in [-0.05, 0) is 56.0 Å². The van der Waals surface area contributed by atoms with Gasteiger partial charge in [0.2, 0.25) is 0 Å². The Morgan fingerprint density at radius 1 is 1.03 bits per heavy atom. The molecule has 4 aromatic rings. The van der Waals surface area contributed by atoms with Crippen molar-refractivity contribution in [2.24, 2.45) is 0 Å². The Labute approximate surface area is 190 Å². The first kappa shape index (κ1) is 20.7. The summed E-state index contributed by atoms with van der Waals surface area (Å²) in [4.78, 5) is 34.4. The van der Waals surface area contributed by atoms with Crippen LogP contribution in [0, 0.1) is 6.92 Å². The summed E-state index contributed by atoms with van der Waals surface area (Å²) < 4.78 is 2.04. The van der Waals surface area contributed by atoms with Crippen molar-refractivity contribution in [3.63, 3.8) is 0 Å². The third-order valence-corrected chi connectivity index (χ3v) is 6.01. The molecule has 0 unspecified atom stereocenters. The third kappa shape index (κ3) is 4.03. The zero-order valence-electron chi connectivity index (χ0n) is 18.2. The number of rotatable bonds is 5. The summed E-state index contributed by atoms with van der Waals surface area (Å²) in [6, 6.07) is 14.3. The fourth-order valence-corrected chi connectivity index (χ4v) is 4.13. The molecule has 166 valence electrons. The molecule has 4 N–H and O–H groups in total. The monoisotopic (exact) mass is 440 g/mol. The van der Waals surface area contributed by atoms with Crippen LogP contribution in [0.25, 0.3) is 11.0 Å². The first-order valence-corrected chi connectivity index (χ1v) is 10.9. The average Bonchev–Trinajstić information content (AvgIpc) is 3.12. The maximum absolute atomic E-state index is 13.5. The molecule has 2 amide bonds. The van der Waals surface area contributed by atoms with Gasteiger partial charge in [0.05, 0.1) is 10.9 Å². The molecule has 1 aliphatic carbocycles. The van der Waals surface area contributed by atoms with E-state index < -0.39 is 0 Å². The number of nitrogens with zero attached hydrogens (tertiary/aromatic N) is 3. The topological polar surface area (TPSA) is 115 Å². The van der Waals surface area contributed by atoms with E-state index in [-0.39, 0.29) is 17.6 Å². The zero-order valence-corrected chi connectivity index (χ0v) is 18.2. The van der Waals surface area contributed by atoms with E-state index in [9.17, 15) is 9.59 Å². The molecule has 1 fully saturated rings. The van der Waals surface area contributed by atoms with Gasteiger partial charge in [0.15, 0.2) is 5.78 Å². The van der Waals surface area contributed by atoms with Gasteiger partial charge < -0.3 is 20.9 Å². The lowest BCUT2D eigenvalue weighted by atomic mass is 9.93. The smallest absolute Gasteiger partial charge is 0.323 e. The molecule has 0 aliphatic heterocycles. The molecule has 2 aromatic carbocycles. The number of nitrogen functional groups attached to an aromatic ring is 1. The van der Waals surface area contributed by atoms with Gasteiger partial charge in [-0.15, -0.1) is 0 Å². The Kier molecular flexibility index (Phi) is 5.26. The quantitative estimate of drug-likeness (QED) is 0.381. The van der Waals surface area contributed by atoms with Crippen LogP contribution in [-0.2, 0) is 0 Å². The maximum Gasteiger partial charge on any atom is 0.323 e. The Balaban J connectivity index is 1.41. The molecule has 5 rings (SSSR count).